The van der Waals surface area contributed by atoms with Crippen molar-refractivity contribution in [1.82, 2.24) is 9.97 Å². The molecule has 0 spiro atoms. The summed E-state index contributed by atoms with van der Waals surface area (Å²) in [6.07, 6.45) is 3.21. The van der Waals surface area contributed by atoms with Gasteiger partial charge in [0, 0.05) is 12.6 Å². The zero-order chi connectivity index (χ0) is 13.2. The van der Waals surface area contributed by atoms with Gasteiger partial charge >= 0.3 is 0 Å². The molecule has 0 bridgehead atoms. The Labute approximate surface area is 115 Å². The summed E-state index contributed by atoms with van der Waals surface area (Å²) in [6, 6.07) is 9.33. The van der Waals surface area contributed by atoms with Crippen molar-refractivity contribution in [3.05, 3.63) is 53.0 Å². The molecule has 0 atom stereocenters. The van der Waals surface area contributed by atoms with Crippen molar-refractivity contribution in [3.8, 4) is 0 Å². The lowest BCUT2D eigenvalue weighted by atomic mass is 10.1. The monoisotopic (exact) mass is 273 g/mol. The SMILES string of the molecule is Nc1cc(CCc2nc3ncccc3o2)ccc1Cl. The van der Waals surface area contributed by atoms with Crippen LogP contribution >= 0.6 is 11.6 Å². The fourth-order valence-corrected chi connectivity index (χ4v) is 2.04. The van der Waals surface area contributed by atoms with Crippen molar-refractivity contribution in [1.29, 1.82) is 0 Å². The largest absolute Gasteiger partial charge is 0.439 e. The number of rotatable bonds is 3. The van der Waals surface area contributed by atoms with Gasteiger partial charge in [-0.3, -0.25) is 0 Å². The average Bonchev–Trinajstić information content (AvgIpc) is 2.83. The van der Waals surface area contributed by atoms with E-state index in [1.54, 1.807) is 12.3 Å². The van der Waals surface area contributed by atoms with Crippen molar-refractivity contribution >= 4 is 28.5 Å². The van der Waals surface area contributed by atoms with Gasteiger partial charge in [0.1, 0.15) is 0 Å². The topological polar surface area (TPSA) is 64.9 Å². The van der Waals surface area contributed by atoms with Gasteiger partial charge in [-0.25, -0.2) is 4.98 Å². The second kappa shape index (κ2) is 4.90. The van der Waals surface area contributed by atoms with Crippen LogP contribution in [0.25, 0.3) is 11.2 Å². The van der Waals surface area contributed by atoms with Crippen LogP contribution in [0.15, 0.2) is 40.9 Å². The standard InChI is InChI=1S/C14H12ClN3O/c15-10-5-3-9(8-11(10)16)4-6-13-18-14-12(19-13)2-1-7-17-14/h1-3,5,7-8H,4,6,16H2. The number of nitrogen functional groups attached to an aromatic ring is 1. The van der Waals surface area contributed by atoms with E-state index in [1.807, 2.05) is 24.3 Å². The summed E-state index contributed by atoms with van der Waals surface area (Å²) in [6.45, 7) is 0. The Hall–Kier alpha value is -2.07. The first-order chi connectivity index (χ1) is 9.22. The van der Waals surface area contributed by atoms with Gasteiger partial charge < -0.3 is 10.2 Å². The number of fused-ring (bicyclic) bond motifs is 1. The molecule has 0 amide bonds. The highest BCUT2D eigenvalue weighted by Gasteiger charge is 2.06. The summed E-state index contributed by atoms with van der Waals surface area (Å²) in [5.74, 6) is 0.683. The minimum absolute atomic E-state index is 0.579. The molecule has 2 N–H and O–H groups in total. The zero-order valence-electron chi connectivity index (χ0n) is 10.1. The molecule has 2 heterocycles. The van der Waals surface area contributed by atoms with Crippen LogP contribution in [-0.4, -0.2) is 9.97 Å². The van der Waals surface area contributed by atoms with Crippen LogP contribution in [0.1, 0.15) is 11.5 Å². The van der Waals surface area contributed by atoms with Crippen LogP contribution in [0.5, 0.6) is 0 Å². The number of aromatic nitrogens is 2. The summed E-state index contributed by atoms with van der Waals surface area (Å²) >= 11 is 5.89. The quantitative estimate of drug-likeness (QED) is 0.744. The maximum absolute atomic E-state index is 5.89. The molecule has 2 aromatic heterocycles. The van der Waals surface area contributed by atoms with Gasteiger partial charge in [-0.2, -0.15) is 4.98 Å². The highest BCUT2D eigenvalue weighted by molar-refractivity contribution is 6.33. The predicted molar refractivity (Wildman–Crippen MR) is 75.1 cm³/mol. The molecule has 3 aromatic rings. The fraction of sp³-hybridized carbons (Fsp3) is 0.143. The molecular weight excluding hydrogens is 262 g/mol. The highest BCUT2D eigenvalue weighted by Crippen LogP contribution is 2.21. The first-order valence-corrected chi connectivity index (χ1v) is 6.34. The minimum atomic E-state index is 0.579. The van der Waals surface area contributed by atoms with Gasteiger partial charge in [0.25, 0.3) is 0 Å². The van der Waals surface area contributed by atoms with Crippen LogP contribution in [0, 0.1) is 0 Å². The van der Waals surface area contributed by atoms with E-state index in [0.717, 1.165) is 12.0 Å². The summed E-state index contributed by atoms with van der Waals surface area (Å²) < 4.78 is 5.61. The Morgan fingerprint density at radius 3 is 2.89 bits per heavy atom. The molecule has 0 aliphatic carbocycles. The van der Waals surface area contributed by atoms with E-state index in [-0.39, 0.29) is 0 Å². The molecule has 0 unspecified atom stereocenters. The lowest BCUT2D eigenvalue weighted by Gasteiger charge is -2.02. The number of pyridine rings is 1. The van der Waals surface area contributed by atoms with E-state index in [0.29, 0.717) is 34.3 Å². The van der Waals surface area contributed by atoms with Crippen LogP contribution in [0.3, 0.4) is 0 Å². The first kappa shape index (κ1) is 12.0. The molecule has 0 aliphatic heterocycles. The van der Waals surface area contributed by atoms with E-state index >= 15 is 0 Å². The second-order valence-corrected chi connectivity index (χ2v) is 4.70. The third-order valence-corrected chi connectivity index (χ3v) is 3.24. The van der Waals surface area contributed by atoms with Gasteiger partial charge in [0.05, 0.1) is 10.7 Å². The number of anilines is 1. The third kappa shape index (κ3) is 2.53. The number of aryl methyl sites for hydroxylation is 2. The summed E-state index contributed by atoms with van der Waals surface area (Å²) in [5.41, 5.74) is 8.84. The van der Waals surface area contributed by atoms with Crippen LogP contribution in [0.2, 0.25) is 5.02 Å². The number of nitrogens with two attached hydrogens (primary N) is 1. The molecule has 3 rings (SSSR count). The molecule has 1 aromatic carbocycles. The van der Waals surface area contributed by atoms with E-state index in [4.69, 9.17) is 21.8 Å². The molecule has 0 fully saturated rings. The van der Waals surface area contributed by atoms with Crippen LogP contribution in [-0.2, 0) is 12.8 Å². The number of benzene rings is 1. The maximum atomic E-state index is 5.89. The number of hydrogen-bond donors (Lipinski definition) is 1. The smallest absolute Gasteiger partial charge is 0.198 e. The summed E-state index contributed by atoms with van der Waals surface area (Å²) in [4.78, 5) is 8.47. The molecule has 0 saturated heterocycles. The fourth-order valence-electron chi connectivity index (χ4n) is 1.92. The second-order valence-electron chi connectivity index (χ2n) is 4.29. The Morgan fingerprint density at radius 1 is 1.21 bits per heavy atom. The number of oxazole rings is 1. The first-order valence-electron chi connectivity index (χ1n) is 5.97. The van der Waals surface area contributed by atoms with Crippen molar-refractivity contribution in [2.45, 2.75) is 12.8 Å². The van der Waals surface area contributed by atoms with E-state index in [9.17, 15) is 0 Å². The molecule has 0 aliphatic rings. The molecular formula is C14H12ClN3O. The van der Waals surface area contributed by atoms with Crippen molar-refractivity contribution in [2.24, 2.45) is 0 Å². The Balaban J connectivity index is 1.76. The Morgan fingerprint density at radius 2 is 2.11 bits per heavy atom. The predicted octanol–water partition coefficient (Wildman–Crippen LogP) is 3.24. The summed E-state index contributed by atoms with van der Waals surface area (Å²) in [7, 11) is 0. The summed E-state index contributed by atoms with van der Waals surface area (Å²) in [5, 5.41) is 0.579. The maximum Gasteiger partial charge on any atom is 0.198 e. The highest BCUT2D eigenvalue weighted by atomic mass is 35.5. The molecule has 5 heteroatoms. The molecule has 0 radical (unpaired) electrons. The van der Waals surface area contributed by atoms with Crippen molar-refractivity contribution < 1.29 is 4.42 Å². The number of nitrogens with zero attached hydrogens (tertiary/aromatic N) is 2. The van der Waals surface area contributed by atoms with E-state index in [1.165, 1.54) is 0 Å². The molecule has 4 nitrogen and oxygen atoms in total. The van der Waals surface area contributed by atoms with Gasteiger partial charge in [0.15, 0.2) is 17.1 Å². The van der Waals surface area contributed by atoms with Gasteiger partial charge in [-0.05, 0) is 36.2 Å². The Bertz CT molecular complexity index is 691. The molecule has 19 heavy (non-hydrogen) atoms. The van der Waals surface area contributed by atoms with E-state index in [2.05, 4.69) is 9.97 Å². The normalized spacial score (nSPS) is 11.0. The molecule has 96 valence electrons. The molecule has 0 saturated carbocycles. The van der Waals surface area contributed by atoms with Gasteiger partial charge in [-0.1, -0.05) is 17.7 Å². The van der Waals surface area contributed by atoms with Crippen molar-refractivity contribution in [3.63, 3.8) is 0 Å². The Kier molecular flexibility index (Phi) is 3.09. The number of hydrogen-bond acceptors (Lipinski definition) is 4. The zero-order valence-corrected chi connectivity index (χ0v) is 10.9. The van der Waals surface area contributed by atoms with Gasteiger partial charge in [-0.15, -0.1) is 0 Å². The van der Waals surface area contributed by atoms with Crippen molar-refractivity contribution in [2.75, 3.05) is 5.73 Å². The van der Waals surface area contributed by atoms with Crippen LogP contribution in [0.4, 0.5) is 5.69 Å². The lowest BCUT2D eigenvalue weighted by molar-refractivity contribution is 0.528. The minimum Gasteiger partial charge on any atom is -0.439 e. The third-order valence-electron chi connectivity index (χ3n) is 2.90. The lowest BCUT2D eigenvalue weighted by Crippen LogP contribution is -1.94. The van der Waals surface area contributed by atoms with E-state index < -0.39 is 0 Å². The average molecular weight is 274 g/mol. The van der Waals surface area contributed by atoms with Crippen LogP contribution < -0.4 is 5.73 Å². The van der Waals surface area contributed by atoms with Gasteiger partial charge in [0.2, 0.25) is 0 Å². The number of halogens is 1.